The van der Waals surface area contributed by atoms with Crippen LogP contribution in [-0.2, 0) is 27.0 Å². The van der Waals surface area contributed by atoms with Crippen LogP contribution >= 0.6 is 0 Å². The molecule has 42 heavy (non-hydrogen) atoms. The van der Waals surface area contributed by atoms with E-state index in [1.54, 1.807) is 0 Å². The van der Waals surface area contributed by atoms with E-state index >= 15 is 0 Å². The van der Waals surface area contributed by atoms with Crippen molar-refractivity contribution in [3.63, 3.8) is 0 Å². The second-order valence-corrected chi connectivity index (χ2v) is 11.6. The number of piperazine rings is 2. The second-order valence-electron chi connectivity index (χ2n) is 9.91. The Morgan fingerprint density at radius 1 is 0.810 bits per heavy atom. The summed E-state index contributed by atoms with van der Waals surface area (Å²) in [5.41, 5.74) is 3.72. The summed E-state index contributed by atoms with van der Waals surface area (Å²) in [4.78, 5) is 4.63. The Kier molecular flexibility index (Phi) is 16.1. The smallest absolute Gasteiger partial charge is 0.330 e. The lowest BCUT2D eigenvalue weighted by Crippen LogP contribution is -2.48. The average Bonchev–Trinajstić information content (AvgIpc) is 3.00. The van der Waals surface area contributed by atoms with Crippen LogP contribution < -0.4 is 9.50 Å². The van der Waals surface area contributed by atoms with Crippen LogP contribution in [0.5, 0.6) is 5.75 Å². The van der Waals surface area contributed by atoms with Crippen molar-refractivity contribution in [3.05, 3.63) is 102 Å². The SMILES string of the molecule is C.CN1CCNC(c2ccccc2)C1.Cc1ccc(OS(=O)N2CCN(C)CC2c2ccccc2)cc1.O=S(O)OO. The maximum absolute atomic E-state index is 12.7. The van der Waals surface area contributed by atoms with Gasteiger partial charge in [0.1, 0.15) is 5.75 Å². The number of likely N-dealkylation sites (N-methyl/N-ethyl adjacent to an activating group) is 2. The van der Waals surface area contributed by atoms with Crippen molar-refractivity contribution < 1.29 is 26.7 Å². The first kappa shape index (κ1) is 35.7. The van der Waals surface area contributed by atoms with Crippen molar-refractivity contribution in [2.24, 2.45) is 0 Å². The Balaban J connectivity index is 0.000000273. The first-order chi connectivity index (χ1) is 19.8. The van der Waals surface area contributed by atoms with Gasteiger partial charge in [0.2, 0.25) is 0 Å². The van der Waals surface area contributed by atoms with Crippen molar-refractivity contribution in [2.75, 3.05) is 53.4 Å². The molecule has 4 unspecified atom stereocenters. The van der Waals surface area contributed by atoms with Crippen molar-refractivity contribution in [3.8, 4) is 5.75 Å². The minimum absolute atomic E-state index is 0. The molecule has 3 aromatic rings. The Labute approximate surface area is 255 Å². The van der Waals surface area contributed by atoms with Crippen molar-refractivity contribution in [2.45, 2.75) is 26.4 Å². The van der Waals surface area contributed by atoms with E-state index in [9.17, 15) is 4.21 Å². The van der Waals surface area contributed by atoms with Crippen LogP contribution in [0.15, 0.2) is 84.9 Å². The van der Waals surface area contributed by atoms with E-state index in [-0.39, 0.29) is 13.5 Å². The summed E-state index contributed by atoms with van der Waals surface area (Å²) in [6.45, 7) is 7.82. The highest BCUT2D eigenvalue weighted by Crippen LogP contribution is 2.27. The highest BCUT2D eigenvalue weighted by molar-refractivity contribution is 7.78. The van der Waals surface area contributed by atoms with Gasteiger partial charge in [-0.05, 0) is 44.3 Å². The molecule has 2 saturated heterocycles. The van der Waals surface area contributed by atoms with Crippen LogP contribution in [0.2, 0.25) is 0 Å². The molecule has 3 N–H and O–H groups in total. The molecule has 2 fully saturated rings. The number of nitrogens with one attached hydrogen (secondary N) is 1. The molecule has 5 rings (SSSR count). The number of aryl methyl sites for hydroxylation is 1. The van der Waals surface area contributed by atoms with Gasteiger partial charge in [-0.15, -0.1) is 4.33 Å². The molecule has 0 saturated carbocycles. The number of rotatable bonds is 6. The zero-order valence-electron chi connectivity index (χ0n) is 23.7. The fourth-order valence-electron chi connectivity index (χ4n) is 4.56. The molecule has 10 nitrogen and oxygen atoms in total. The van der Waals surface area contributed by atoms with E-state index in [0.29, 0.717) is 18.3 Å². The van der Waals surface area contributed by atoms with Gasteiger partial charge in [0, 0.05) is 45.3 Å². The van der Waals surface area contributed by atoms with Crippen molar-refractivity contribution in [1.29, 1.82) is 0 Å². The van der Waals surface area contributed by atoms with Gasteiger partial charge in [-0.1, -0.05) is 85.8 Å². The molecular weight excluding hydrogens is 576 g/mol. The van der Waals surface area contributed by atoms with Crippen LogP contribution in [0, 0.1) is 6.92 Å². The highest BCUT2D eigenvalue weighted by Gasteiger charge is 2.31. The lowest BCUT2D eigenvalue weighted by Gasteiger charge is -2.38. The molecule has 2 aliphatic heterocycles. The summed E-state index contributed by atoms with van der Waals surface area (Å²) < 4.78 is 39.5. The summed E-state index contributed by atoms with van der Waals surface area (Å²) in [7, 11) is 4.27. The predicted octanol–water partition coefficient (Wildman–Crippen LogP) is 4.45. The second kappa shape index (κ2) is 18.9. The van der Waals surface area contributed by atoms with Crippen molar-refractivity contribution in [1.82, 2.24) is 19.4 Å². The maximum atomic E-state index is 12.7. The third kappa shape index (κ3) is 12.0. The van der Waals surface area contributed by atoms with E-state index < -0.39 is 22.6 Å². The van der Waals surface area contributed by atoms with E-state index in [4.69, 9.17) is 18.2 Å². The summed E-state index contributed by atoms with van der Waals surface area (Å²) >= 11 is -4.02. The summed E-state index contributed by atoms with van der Waals surface area (Å²) in [6.07, 6.45) is 0. The lowest BCUT2D eigenvalue weighted by molar-refractivity contribution is -0.131. The Morgan fingerprint density at radius 2 is 1.36 bits per heavy atom. The van der Waals surface area contributed by atoms with Crippen LogP contribution in [0.1, 0.15) is 36.2 Å². The van der Waals surface area contributed by atoms with Crippen LogP contribution in [0.3, 0.4) is 0 Å². The first-order valence-electron chi connectivity index (χ1n) is 13.3. The molecule has 0 aliphatic carbocycles. The lowest BCUT2D eigenvalue weighted by atomic mass is 10.1. The Hall–Kier alpha value is -2.52. The zero-order valence-corrected chi connectivity index (χ0v) is 25.3. The quantitative estimate of drug-likeness (QED) is 0.209. The van der Waals surface area contributed by atoms with Gasteiger partial charge >= 0.3 is 11.4 Å². The van der Waals surface area contributed by atoms with Gasteiger partial charge in [0.05, 0.1) is 6.04 Å². The Morgan fingerprint density at radius 3 is 1.90 bits per heavy atom. The monoisotopic (exact) mass is 620 g/mol. The van der Waals surface area contributed by atoms with Gasteiger partial charge in [-0.2, -0.15) is 12.7 Å². The molecule has 4 atom stereocenters. The average molecular weight is 621 g/mol. The van der Waals surface area contributed by atoms with Gasteiger partial charge < -0.3 is 19.3 Å². The molecule has 0 bridgehead atoms. The molecule has 12 heteroatoms. The summed E-state index contributed by atoms with van der Waals surface area (Å²) in [5, 5.41) is 10.6. The molecule has 0 spiro atoms. The number of hydrogen-bond acceptors (Lipinski definition) is 8. The predicted molar refractivity (Wildman–Crippen MR) is 169 cm³/mol. The number of nitrogens with zero attached hydrogens (tertiary/aromatic N) is 3. The van der Waals surface area contributed by atoms with E-state index in [0.717, 1.165) is 38.3 Å². The maximum Gasteiger partial charge on any atom is 0.330 e. The molecule has 2 aliphatic rings. The molecule has 2 heterocycles. The summed E-state index contributed by atoms with van der Waals surface area (Å²) in [5.74, 6) is 0.639. The third-order valence-electron chi connectivity index (χ3n) is 6.74. The van der Waals surface area contributed by atoms with Gasteiger partial charge in [-0.25, -0.2) is 5.26 Å². The standard InChI is InChI=1S/C18H22N2O2S.C11H16N2.CH4.H2O4S/c1-15-8-10-17(11-9-15)22-23(21)20-13-12-19(2)14-18(20)16-6-4-3-5-7-16;1-13-8-7-12-11(9-13)10-5-3-2-4-6-10;;1-4-5(2)3/h3-11,18H,12-14H2,1-2H3;2-6,11-12H,7-9H2,1H3;1H4;1H,(H,2,3). The third-order valence-corrected chi connectivity index (χ3v) is 8.03. The van der Waals surface area contributed by atoms with Gasteiger partial charge in [-0.3, -0.25) is 4.55 Å². The van der Waals surface area contributed by atoms with E-state index in [2.05, 4.69) is 76.0 Å². The first-order valence-corrected chi connectivity index (χ1v) is 15.4. The molecular formula is C30H44N4O6S2. The topological polar surface area (TPSA) is 115 Å². The largest absolute Gasteiger partial charge is 0.389 e. The zero-order chi connectivity index (χ0) is 29.6. The minimum Gasteiger partial charge on any atom is -0.389 e. The summed E-state index contributed by atoms with van der Waals surface area (Å²) in [6, 6.07) is 29.1. The van der Waals surface area contributed by atoms with Crippen LogP contribution in [-0.4, -0.2) is 85.7 Å². The molecule has 3 aromatic carbocycles. The fourth-order valence-corrected chi connectivity index (χ4v) is 5.56. The molecule has 0 amide bonds. The van der Waals surface area contributed by atoms with E-state index in [1.807, 2.05) is 53.7 Å². The fraction of sp³-hybridized carbons (Fsp3) is 0.400. The normalized spacial score (nSPS) is 20.9. The number of benzene rings is 3. The molecule has 232 valence electrons. The number of hydrogen-bond donors (Lipinski definition) is 3. The Bertz CT molecular complexity index is 1210. The van der Waals surface area contributed by atoms with Crippen molar-refractivity contribution >= 4 is 22.6 Å². The van der Waals surface area contributed by atoms with Crippen LogP contribution in [0.25, 0.3) is 0 Å². The molecule has 0 radical (unpaired) electrons. The van der Waals surface area contributed by atoms with Gasteiger partial charge in [0.15, 0.2) is 0 Å². The van der Waals surface area contributed by atoms with Gasteiger partial charge in [0.25, 0.3) is 11.3 Å². The van der Waals surface area contributed by atoms with Crippen LogP contribution in [0.4, 0.5) is 0 Å². The molecule has 0 aromatic heterocycles. The van der Waals surface area contributed by atoms with E-state index in [1.165, 1.54) is 11.1 Å². The highest BCUT2D eigenvalue weighted by atomic mass is 32.2. The minimum atomic E-state index is -2.52.